The second-order valence-electron chi connectivity index (χ2n) is 8.85. The number of phenolic OH excluding ortho intramolecular Hbond substituents is 1. The van der Waals surface area contributed by atoms with Gasteiger partial charge >= 0.3 is 0 Å². The van der Waals surface area contributed by atoms with Crippen molar-refractivity contribution in [1.82, 2.24) is 4.90 Å². The quantitative estimate of drug-likeness (QED) is 0.889. The fraction of sp³-hybridized carbons (Fsp3) is 0.700. The number of halogens is 2. The Morgan fingerprint density at radius 3 is 2.84 bits per heavy atom. The molecular formula is C20H23F2NO2. The summed E-state index contributed by atoms with van der Waals surface area (Å²) in [7, 11) is 0. The second-order valence-corrected chi connectivity index (χ2v) is 8.85. The van der Waals surface area contributed by atoms with Crippen LogP contribution in [0.25, 0.3) is 0 Å². The smallest absolute Gasteiger partial charge is 0.285 e. The first kappa shape index (κ1) is 14.8. The number of ether oxygens (including phenoxy) is 1. The van der Waals surface area contributed by atoms with Crippen LogP contribution in [0.2, 0.25) is 0 Å². The summed E-state index contributed by atoms with van der Waals surface area (Å²) in [5.74, 6) is -1.41. The van der Waals surface area contributed by atoms with Gasteiger partial charge in [-0.05, 0) is 62.1 Å². The fourth-order valence-electron chi connectivity index (χ4n) is 6.43. The molecule has 1 N–H and O–H groups in total. The molecule has 3 fully saturated rings. The Hall–Kier alpha value is -1.36. The minimum atomic E-state index is -2.82. The third-order valence-electron chi connectivity index (χ3n) is 7.59. The zero-order chi connectivity index (χ0) is 17.0. The van der Waals surface area contributed by atoms with Gasteiger partial charge in [-0.1, -0.05) is 6.07 Å². The van der Waals surface area contributed by atoms with E-state index in [1.807, 2.05) is 6.07 Å². The topological polar surface area (TPSA) is 32.7 Å². The van der Waals surface area contributed by atoms with Crippen molar-refractivity contribution < 1.29 is 18.6 Å². The van der Waals surface area contributed by atoms with Crippen LogP contribution < -0.4 is 4.74 Å². The second kappa shape index (κ2) is 4.48. The number of rotatable bonds is 2. The van der Waals surface area contributed by atoms with Gasteiger partial charge in [-0.2, -0.15) is 0 Å². The van der Waals surface area contributed by atoms with E-state index >= 15 is 0 Å². The highest BCUT2D eigenvalue weighted by Gasteiger charge is 2.70. The van der Waals surface area contributed by atoms with Crippen molar-refractivity contribution in [2.75, 3.05) is 13.1 Å². The normalized spacial score (nSPS) is 40.5. The van der Waals surface area contributed by atoms with E-state index in [1.165, 1.54) is 12.8 Å². The van der Waals surface area contributed by atoms with Gasteiger partial charge in [0.2, 0.25) is 0 Å². The predicted octanol–water partition coefficient (Wildman–Crippen LogP) is 3.48. The molecular weight excluding hydrogens is 324 g/mol. The Kier molecular flexibility index (Phi) is 2.65. The first-order valence-corrected chi connectivity index (χ1v) is 9.64. The fourth-order valence-corrected chi connectivity index (χ4v) is 6.43. The highest BCUT2D eigenvalue weighted by molar-refractivity contribution is 5.61. The van der Waals surface area contributed by atoms with Crippen molar-refractivity contribution in [3.8, 4) is 11.5 Å². The number of nitrogens with zero attached hydrogens (tertiary/aromatic N) is 1. The molecule has 0 radical (unpaired) electrons. The third kappa shape index (κ3) is 1.73. The summed E-state index contributed by atoms with van der Waals surface area (Å²) in [6, 6.07) is 3.92. The van der Waals surface area contributed by atoms with Crippen LogP contribution in [0.15, 0.2) is 12.1 Å². The van der Waals surface area contributed by atoms with E-state index in [2.05, 4.69) is 4.90 Å². The lowest BCUT2D eigenvalue weighted by Gasteiger charge is -2.59. The van der Waals surface area contributed by atoms with Crippen molar-refractivity contribution in [2.24, 2.45) is 11.8 Å². The number of benzene rings is 1. The van der Waals surface area contributed by atoms with E-state index in [4.69, 9.17) is 4.74 Å². The Balaban J connectivity index is 1.53. The lowest BCUT2D eigenvalue weighted by atomic mass is 9.51. The summed E-state index contributed by atoms with van der Waals surface area (Å²) in [6.45, 7) is 2.00. The first-order chi connectivity index (χ1) is 12.0. The van der Waals surface area contributed by atoms with Gasteiger partial charge in [0.15, 0.2) is 17.6 Å². The maximum absolute atomic E-state index is 14.9. The van der Waals surface area contributed by atoms with E-state index in [0.29, 0.717) is 18.2 Å². The molecule has 2 saturated carbocycles. The molecule has 1 unspecified atom stereocenters. The number of hydrogen-bond donors (Lipinski definition) is 1. The number of alkyl halides is 2. The Labute approximate surface area is 146 Å². The maximum Gasteiger partial charge on any atom is 0.285 e. The van der Waals surface area contributed by atoms with Gasteiger partial charge in [-0.15, -0.1) is 0 Å². The summed E-state index contributed by atoms with van der Waals surface area (Å²) in [5.41, 5.74) is 1.44. The molecule has 4 atom stereocenters. The summed E-state index contributed by atoms with van der Waals surface area (Å²) >= 11 is 0. The molecule has 0 aromatic heterocycles. The van der Waals surface area contributed by atoms with Crippen LogP contribution in [0, 0.1) is 11.8 Å². The lowest BCUT2D eigenvalue weighted by Crippen LogP contribution is -2.68. The first-order valence-electron chi connectivity index (χ1n) is 9.64. The molecule has 1 spiro atoms. The summed E-state index contributed by atoms with van der Waals surface area (Å²) in [6.07, 6.45) is 3.63. The minimum Gasteiger partial charge on any atom is -0.504 e. The monoisotopic (exact) mass is 347 g/mol. The SMILES string of the molecule is Oc1ccc2c3c1O[C@@H]1C(F)(F)CCC4[C@H](C2)N(CC2CC2)CC[C@]341. The highest BCUT2D eigenvalue weighted by Crippen LogP contribution is 2.66. The molecule has 0 amide bonds. The van der Waals surface area contributed by atoms with Crippen LogP contribution in [0.5, 0.6) is 11.5 Å². The third-order valence-corrected chi connectivity index (χ3v) is 7.59. The van der Waals surface area contributed by atoms with Gasteiger partial charge in [-0.3, -0.25) is 4.90 Å². The Bertz CT molecular complexity index is 762. The van der Waals surface area contributed by atoms with E-state index in [0.717, 1.165) is 43.0 Å². The molecule has 1 aromatic rings. The predicted molar refractivity (Wildman–Crippen MR) is 88.3 cm³/mol. The molecule has 5 heteroatoms. The minimum absolute atomic E-state index is 0.0240. The number of aromatic hydroxyl groups is 1. The summed E-state index contributed by atoms with van der Waals surface area (Å²) in [4.78, 5) is 2.59. The molecule has 6 rings (SSSR count). The zero-order valence-electron chi connectivity index (χ0n) is 14.2. The number of likely N-dealkylation sites (tertiary alicyclic amines) is 1. The van der Waals surface area contributed by atoms with Gasteiger partial charge in [0.05, 0.1) is 0 Å². The molecule has 1 saturated heterocycles. The molecule has 3 nitrogen and oxygen atoms in total. The average molecular weight is 347 g/mol. The van der Waals surface area contributed by atoms with E-state index < -0.39 is 17.4 Å². The van der Waals surface area contributed by atoms with Crippen molar-refractivity contribution in [3.63, 3.8) is 0 Å². The molecule has 25 heavy (non-hydrogen) atoms. The standard InChI is InChI=1S/C20H23F2NO2/c21-20(22)6-5-13-14-9-12-3-4-15(24)17-16(12)19(13,18(20)25-17)7-8-23(14)10-11-1-2-11/h3-4,11,13-14,18,24H,1-2,5-10H2/t13?,14-,18-,19+/m0/s1. The van der Waals surface area contributed by atoms with Gasteiger partial charge < -0.3 is 9.84 Å². The number of piperidine rings is 1. The van der Waals surface area contributed by atoms with Gasteiger partial charge in [0.25, 0.3) is 5.92 Å². The molecule has 5 aliphatic rings. The maximum atomic E-state index is 14.9. The van der Waals surface area contributed by atoms with E-state index in [1.54, 1.807) is 6.07 Å². The van der Waals surface area contributed by atoms with E-state index in [9.17, 15) is 13.9 Å². The Morgan fingerprint density at radius 2 is 2.04 bits per heavy atom. The molecule has 1 aromatic carbocycles. The van der Waals surface area contributed by atoms with E-state index in [-0.39, 0.29) is 18.1 Å². The largest absolute Gasteiger partial charge is 0.504 e. The lowest BCUT2D eigenvalue weighted by molar-refractivity contribution is -0.182. The van der Waals surface area contributed by atoms with Crippen LogP contribution in [-0.4, -0.2) is 41.2 Å². The van der Waals surface area contributed by atoms with Crippen LogP contribution in [0.3, 0.4) is 0 Å². The van der Waals surface area contributed by atoms with Crippen molar-refractivity contribution in [2.45, 2.75) is 62.0 Å². The van der Waals surface area contributed by atoms with Crippen LogP contribution in [0.1, 0.15) is 43.2 Å². The van der Waals surface area contributed by atoms with Crippen LogP contribution >= 0.6 is 0 Å². The molecule has 3 aliphatic carbocycles. The zero-order valence-corrected chi connectivity index (χ0v) is 14.2. The molecule has 2 aliphatic heterocycles. The van der Waals surface area contributed by atoms with Crippen molar-refractivity contribution in [1.29, 1.82) is 0 Å². The van der Waals surface area contributed by atoms with Crippen molar-refractivity contribution in [3.05, 3.63) is 23.3 Å². The van der Waals surface area contributed by atoms with Crippen LogP contribution in [0.4, 0.5) is 8.78 Å². The van der Waals surface area contributed by atoms with Crippen LogP contribution in [-0.2, 0) is 11.8 Å². The van der Waals surface area contributed by atoms with Gasteiger partial charge in [-0.25, -0.2) is 8.78 Å². The Morgan fingerprint density at radius 1 is 1.20 bits per heavy atom. The van der Waals surface area contributed by atoms with Gasteiger partial charge in [0, 0.05) is 30.0 Å². The summed E-state index contributed by atoms with van der Waals surface area (Å²) < 4.78 is 35.6. The van der Waals surface area contributed by atoms with Crippen molar-refractivity contribution >= 4 is 0 Å². The molecule has 2 heterocycles. The van der Waals surface area contributed by atoms with Gasteiger partial charge in [0.1, 0.15) is 0 Å². The number of phenols is 1. The average Bonchev–Trinajstić information content (AvgIpc) is 3.31. The molecule has 134 valence electrons. The summed E-state index contributed by atoms with van der Waals surface area (Å²) in [5, 5.41) is 10.3. The highest BCUT2D eigenvalue weighted by atomic mass is 19.3. The molecule has 2 bridgehead atoms. The number of hydrogen-bond acceptors (Lipinski definition) is 3.